The first-order valence-electron chi connectivity index (χ1n) is 12.2. The molecule has 3 saturated heterocycles. The molecule has 0 amide bonds. The number of carbonyl (C=O) groups is 1. The van der Waals surface area contributed by atoms with Crippen molar-refractivity contribution < 1.29 is 33.2 Å². The number of unbranched alkanes of at least 4 members (excludes halogenated alkanes) is 8. The van der Waals surface area contributed by atoms with Gasteiger partial charge in [0.1, 0.15) is 31.0 Å². The van der Waals surface area contributed by atoms with Crippen LogP contribution in [-0.4, -0.2) is 54.9 Å². The van der Waals surface area contributed by atoms with Gasteiger partial charge in [-0.05, 0) is 34.1 Å². The Bertz CT molecular complexity index is 576. The lowest BCUT2D eigenvalue weighted by Gasteiger charge is -2.36. The van der Waals surface area contributed by atoms with Gasteiger partial charge in [0.2, 0.25) is 0 Å². The lowest BCUT2D eigenvalue weighted by atomic mass is 9.99. The average Bonchev–Trinajstić information content (AvgIpc) is 3.18. The summed E-state index contributed by atoms with van der Waals surface area (Å²) in [6, 6.07) is 0. The van der Waals surface area contributed by atoms with Crippen molar-refractivity contribution in [3.63, 3.8) is 0 Å². The van der Waals surface area contributed by atoms with Crippen LogP contribution in [0.4, 0.5) is 0 Å². The smallest absolute Gasteiger partial charge is 0.305 e. The molecule has 7 heteroatoms. The van der Waals surface area contributed by atoms with Gasteiger partial charge in [-0.25, -0.2) is 0 Å². The number of carbonyl (C=O) groups excluding carboxylic acids is 1. The van der Waals surface area contributed by atoms with Crippen molar-refractivity contribution in [2.45, 2.75) is 141 Å². The highest BCUT2D eigenvalue weighted by Crippen LogP contribution is 2.44. The second kappa shape index (κ2) is 10.9. The number of rotatable bonds is 12. The Kier molecular flexibility index (Phi) is 8.78. The van der Waals surface area contributed by atoms with Crippen LogP contribution >= 0.6 is 0 Å². The van der Waals surface area contributed by atoms with E-state index in [9.17, 15) is 4.79 Å². The van der Waals surface area contributed by atoms with E-state index in [1.807, 2.05) is 27.7 Å². The zero-order chi connectivity index (χ0) is 22.5. The van der Waals surface area contributed by atoms with Crippen LogP contribution in [-0.2, 0) is 33.2 Å². The third kappa shape index (κ3) is 7.13. The highest BCUT2D eigenvalue weighted by Gasteiger charge is 2.60. The first-order chi connectivity index (χ1) is 14.7. The fraction of sp³-hybridized carbons (Fsp3) is 0.958. The van der Waals surface area contributed by atoms with Crippen LogP contribution in [0, 0.1) is 0 Å². The molecule has 7 nitrogen and oxygen atoms in total. The number of fused-ring (bicyclic) bond motifs is 3. The van der Waals surface area contributed by atoms with Gasteiger partial charge in [0.25, 0.3) is 0 Å². The first-order valence-corrected chi connectivity index (χ1v) is 12.2. The molecular formula is C24H42O7. The zero-order valence-electron chi connectivity index (χ0n) is 20.0. The summed E-state index contributed by atoms with van der Waals surface area (Å²) in [5.74, 6) is -1.69. The molecule has 0 aromatic rings. The molecule has 180 valence electrons. The molecule has 3 heterocycles. The summed E-state index contributed by atoms with van der Waals surface area (Å²) in [5, 5.41) is 0. The van der Waals surface area contributed by atoms with E-state index in [1.54, 1.807) is 0 Å². The van der Waals surface area contributed by atoms with Crippen molar-refractivity contribution in [2.75, 3.05) is 6.61 Å². The summed E-state index contributed by atoms with van der Waals surface area (Å²) in [6.07, 6.45) is 9.36. The minimum Gasteiger partial charge on any atom is -0.463 e. The molecule has 0 spiro atoms. The number of ether oxygens (including phenoxy) is 6. The SMILES string of the molecule is CCCCCCCCCCCC(=O)OC[C@@H]1O[C@@H]2OC(C)(C)O[C@@H]2[C@H]2OC(C)(C)O[C@@H]21. The molecule has 0 radical (unpaired) electrons. The zero-order valence-corrected chi connectivity index (χ0v) is 20.0. The van der Waals surface area contributed by atoms with Crippen LogP contribution in [0.5, 0.6) is 0 Å². The summed E-state index contributed by atoms with van der Waals surface area (Å²) < 4.78 is 35.6. The molecule has 3 fully saturated rings. The van der Waals surface area contributed by atoms with E-state index in [2.05, 4.69) is 6.92 Å². The molecule has 0 aliphatic carbocycles. The summed E-state index contributed by atoms with van der Waals surface area (Å²) in [5.41, 5.74) is 0. The van der Waals surface area contributed by atoms with Gasteiger partial charge in [0, 0.05) is 6.42 Å². The Morgan fingerprint density at radius 2 is 1.29 bits per heavy atom. The third-order valence-corrected chi connectivity index (χ3v) is 6.14. The Hall–Kier alpha value is -0.730. The van der Waals surface area contributed by atoms with Gasteiger partial charge in [-0.15, -0.1) is 0 Å². The van der Waals surface area contributed by atoms with E-state index in [4.69, 9.17) is 28.4 Å². The van der Waals surface area contributed by atoms with Crippen LogP contribution in [0.2, 0.25) is 0 Å². The minimum absolute atomic E-state index is 0.129. The van der Waals surface area contributed by atoms with Crippen LogP contribution in [0.3, 0.4) is 0 Å². The van der Waals surface area contributed by atoms with Crippen molar-refractivity contribution in [1.82, 2.24) is 0 Å². The molecule has 0 bridgehead atoms. The highest BCUT2D eigenvalue weighted by molar-refractivity contribution is 5.69. The van der Waals surface area contributed by atoms with Crippen LogP contribution in [0.15, 0.2) is 0 Å². The monoisotopic (exact) mass is 442 g/mol. The standard InChI is InChI=1S/C24H42O7/c1-6-7-8-9-10-11-12-13-14-15-18(25)26-16-17-19-20(29-23(2,3)28-19)21-22(27-17)31-24(4,5)30-21/h17,19-22H,6-16H2,1-5H3/t17-,19+,20-,21+,22+/m0/s1. The second-order valence-electron chi connectivity index (χ2n) is 9.97. The maximum atomic E-state index is 12.2. The molecule has 0 N–H and O–H groups in total. The van der Waals surface area contributed by atoms with Crippen molar-refractivity contribution in [3.05, 3.63) is 0 Å². The van der Waals surface area contributed by atoms with Crippen molar-refractivity contribution >= 4 is 5.97 Å². The third-order valence-electron chi connectivity index (χ3n) is 6.14. The normalized spacial score (nSPS) is 33.1. The molecule has 3 rings (SSSR count). The Balaban J connectivity index is 1.37. The molecular weight excluding hydrogens is 400 g/mol. The molecule has 3 aliphatic heterocycles. The van der Waals surface area contributed by atoms with Crippen molar-refractivity contribution in [3.8, 4) is 0 Å². The Morgan fingerprint density at radius 1 is 0.742 bits per heavy atom. The maximum absolute atomic E-state index is 12.2. The molecule has 0 aromatic carbocycles. The van der Waals surface area contributed by atoms with Crippen molar-refractivity contribution in [2.24, 2.45) is 0 Å². The first kappa shape index (κ1) is 24.9. The summed E-state index contributed by atoms with van der Waals surface area (Å²) >= 11 is 0. The van der Waals surface area contributed by atoms with E-state index < -0.39 is 24.0 Å². The number of esters is 1. The Morgan fingerprint density at radius 3 is 1.97 bits per heavy atom. The van der Waals surface area contributed by atoms with Crippen LogP contribution in [0.1, 0.15) is 98.8 Å². The summed E-state index contributed by atoms with van der Waals surface area (Å²) in [6.45, 7) is 9.81. The quantitative estimate of drug-likeness (QED) is 0.316. The number of hydrogen-bond acceptors (Lipinski definition) is 7. The van der Waals surface area contributed by atoms with Gasteiger partial charge in [0.05, 0.1) is 0 Å². The number of hydrogen-bond donors (Lipinski definition) is 0. The van der Waals surface area contributed by atoms with Crippen LogP contribution < -0.4 is 0 Å². The summed E-state index contributed by atoms with van der Waals surface area (Å²) in [4.78, 5) is 12.2. The Labute approximate surface area is 187 Å². The molecule has 3 aliphatic rings. The van der Waals surface area contributed by atoms with Gasteiger partial charge < -0.3 is 28.4 Å². The van der Waals surface area contributed by atoms with Gasteiger partial charge in [-0.1, -0.05) is 58.3 Å². The topological polar surface area (TPSA) is 72.5 Å². The molecule has 0 aromatic heterocycles. The van der Waals surface area contributed by atoms with Crippen molar-refractivity contribution in [1.29, 1.82) is 0 Å². The largest absolute Gasteiger partial charge is 0.463 e. The van der Waals surface area contributed by atoms with E-state index in [-0.39, 0.29) is 30.9 Å². The van der Waals surface area contributed by atoms with Gasteiger partial charge in [-0.2, -0.15) is 0 Å². The fourth-order valence-corrected chi connectivity index (χ4v) is 4.65. The summed E-state index contributed by atoms with van der Waals surface area (Å²) in [7, 11) is 0. The van der Waals surface area contributed by atoms with E-state index in [1.165, 1.54) is 44.9 Å². The maximum Gasteiger partial charge on any atom is 0.305 e. The van der Waals surface area contributed by atoms with Gasteiger partial charge in [0.15, 0.2) is 17.9 Å². The molecule has 0 unspecified atom stereocenters. The van der Waals surface area contributed by atoms with E-state index >= 15 is 0 Å². The second-order valence-corrected chi connectivity index (χ2v) is 9.97. The van der Waals surface area contributed by atoms with Gasteiger partial charge in [-0.3, -0.25) is 4.79 Å². The van der Waals surface area contributed by atoms with E-state index in [0.29, 0.717) is 6.42 Å². The molecule has 0 saturated carbocycles. The van der Waals surface area contributed by atoms with Crippen LogP contribution in [0.25, 0.3) is 0 Å². The molecule has 5 atom stereocenters. The lowest BCUT2D eigenvalue weighted by Crippen LogP contribution is -2.56. The predicted octanol–water partition coefficient (Wildman–Crippen LogP) is 4.85. The van der Waals surface area contributed by atoms with Gasteiger partial charge >= 0.3 is 5.97 Å². The molecule has 31 heavy (non-hydrogen) atoms. The fourth-order valence-electron chi connectivity index (χ4n) is 4.65. The predicted molar refractivity (Wildman–Crippen MR) is 115 cm³/mol. The average molecular weight is 443 g/mol. The minimum atomic E-state index is -0.752. The highest BCUT2D eigenvalue weighted by atomic mass is 16.9. The lowest BCUT2D eigenvalue weighted by molar-refractivity contribution is -0.242. The van der Waals surface area contributed by atoms with E-state index in [0.717, 1.165) is 12.8 Å².